The SMILES string of the molecule is CN(C)CCc1c(Cc2c[nH]c3ccc(Cn4cncn4)cc23)[nH]c2ccc(Cn3cncn3)cc12. The Hall–Kier alpha value is -4.24. The highest BCUT2D eigenvalue weighted by atomic mass is 15.3. The van der Waals surface area contributed by atoms with Gasteiger partial charge in [0.1, 0.15) is 25.3 Å². The van der Waals surface area contributed by atoms with E-state index in [9.17, 15) is 0 Å². The van der Waals surface area contributed by atoms with Crippen molar-refractivity contribution in [1.29, 1.82) is 0 Å². The van der Waals surface area contributed by atoms with Crippen LogP contribution in [0.3, 0.4) is 0 Å². The molecule has 0 unspecified atom stereocenters. The van der Waals surface area contributed by atoms with Gasteiger partial charge in [0.25, 0.3) is 0 Å². The molecule has 0 atom stereocenters. The summed E-state index contributed by atoms with van der Waals surface area (Å²) in [6, 6.07) is 13.2. The quantitative estimate of drug-likeness (QED) is 0.330. The highest BCUT2D eigenvalue weighted by molar-refractivity contribution is 5.87. The van der Waals surface area contributed by atoms with E-state index in [1.54, 1.807) is 25.3 Å². The zero-order valence-electron chi connectivity index (χ0n) is 20.5. The van der Waals surface area contributed by atoms with Gasteiger partial charge >= 0.3 is 0 Å². The van der Waals surface area contributed by atoms with E-state index in [4.69, 9.17) is 0 Å². The van der Waals surface area contributed by atoms with E-state index in [1.807, 2.05) is 9.36 Å². The molecule has 0 amide bonds. The smallest absolute Gasteiger partial charge is 0.137 e. The topological polar surface area (TPSA) is 96.2 Å². The van der Waals surface area contributed by atoms with Crippen molar-refractivity contribution in [1.82, 2.24) is 44.4 Å². The highest BCUT2D eigenvalue weighted by Crippen LogP contribution is 2.29. The van der Waals surface area contributed by atoms with Gasteiger partial charge in [0.2, 0.25) is 0 Å². The Balaban J connectivity index is 1.35. The summed E-state index contributed by atoms with van der Waals surface area (Å²) >= 11 is 0. The van der Waals surface area contributed by atoms with Crippen molar-refractivity contribution in [3.8, 4) is 0 Å². The van der Waals surface area contributed by atoms with E-state index in [-0.39, 0.29) is 0 Å². The minimum Gasteiger partial charge on any atom is -0.361 e. The molecule has 9 heteroatoms. The van der Waals surface area contributed by atoms with Gasteiger partial charge in [0.05, 0.1) is 13.1 Å². The van der Waals surface area contributed by atoms with Crippen LogP contribution in [0.15, 0.2) is 67.9 Å². The average molecular weight is 480 g/mol. The van der Waals surface area contributed by atoms with Crippen LogP contribution in [0.4, 0.5) is 0 Å². The van der Waals surface area contributed by atoms with Crippen molar-refractivity contribution in [2.45, 2.75) is 25.9 Å². The molecule has 0 aliphatic carbocycles. The van der Waals surface area contributed by atoms with Gasteiger partial charge in [-0.2, -0.15) is 10.2 Å². The van der Waals surface area contributed by atoms with Gasteiger partial charge in [-0.05, 0) is 67.0 Å². The molecule has 182 valence electrons. The fourth-order valence-corrected chi connectivity index (χ4v) is 4.88. The monoisotopic (exact) mass is 479 g/mol. The Morgan fingerprint density at radius 1 is 0.833 bits per heavy atom. The van der Waals surface area contributed by atoms with Gasteiger partial charge in [0.15, 0.2) is 0 Å². The first-order valence-corrected chi connectivity index (χ1v) is 12.1. The summed E-state index contributed by atoms with van der Waals surface area (Å²) in [5.41, 5.74) is 8.68. The lowest BCUT2D eigenvalue weighted by atomic mass is 10.00. The second-order valence-electron chi connectivity index (χ2n) is 9.57. The van der Waals surface area contributed by atoms with Crippen LogP contribution in [-0.2, 0) is 25.9 Å². The predicted molar refractivity (Wildman–Crippen MR) is 140 cm³/mol. The summed E-state index contributed by atoms with van der Waals surface area (Å²) in [6.07, 6.45) is 10.6. The molecule has 6 aromatic rings. The molecule has 0 aliphatic rings. The molecular weight excluding hydrogens is 450 g/mol. The third kappa shape index (κ3) is 4.52. The molecule has 6 rings (SSSR count). The molecule has 0 fully saturated rings. The maximum Gasteiger partial charge on any atom is 0.137 e. The van der Waals surface area contributed by atoms with Crippen molar-refractivity contribution in [2.24, 2.45) is 0 Å². The Bertz CT molecular complexity index is 1590. The first-order valence-electron chi connectivity index (χ1n) is 12.1. The van der Waals surface area contributed by atoms with E-state index < -0.39 is 0 Å². The minimum atomic E-state index is 0.704. The Morgan fingerprint density at radius 3 is 2.14 bits per heavy atom. The molecule has 36 heavy (non-hydrogen) atoms. The molecule has 4 aromatic heterocycles. The van der Waals surface area contributed by atoms with Crippen molar-refractivity contribution in [3.05, 3.63) is 95.9 Å². The number of rotatable bonds is 9. The van der Waals surface area contributed by atoms with Crippen LogP contribution in [-0.4, -0.2) is 65.0 Å². The van der Waals surface area contributed by atoms with Crippen LogP contribution in [0.25, 0.3) is 21.8 Å². The molecule has 9 nitrogen and oxygen atoms in total. The van der Waals surface area contributed by atoms with E-state index in [2.05, 4.69) is 91.7 Å². The molecule has 2 aromatic carbocycles. The summed E-state index contributed by atoms with van der Waals surface area (Å²) in [5, 5.41) is 11.1. The summed E-state index contributed by atoms with van der Waals surface area (Å²) < 4.78 is 3.71. The third-order valence-corrected chi connectivity index (χ3v) is 6.69. The van der Waals surface area contributed by atoms with Gasteiger partial charge in [0, 0.05) is 46.7 Å². The molecule has 0 saturated carbocycles. The summed E-state index contributed by atoms with van der Waals surface area (Å²) in [4.78, 5) is 17.6. The standard InChI is InChI=1S/C27H29N9/c1-34(2)8-7-22-24-10-20(14-36-18-29-16-32-36)4-6-26(24)33-27(22)11-21-12-30-25-5-3-19(9-23(21)25)13-35-17-28-15-31-35/h3-6,9-10,12,15-18,30,33H,7-8,11,13-14H2,1-2H3. The maximum atomic E-state index is 4.27. The third-order valence-electron chi connectivity index (χ3n) is 6.69. The molecule has 0 saturated heterocycles. The summed E-state index contributed by atoms with van der Waals surface area (Å²) in [7, 11) is 4.25. The van der Waals surface area contributed by atoms with Gasteiger partial charge < -0.3 is 14.9 Å². The van der Waals surface area contributed by atoms with Crippen LogP contribution >= 0.6 is 0 Å². The van der Waals surface area contributed by atoms with Crippen molar-refractivity contribution < 1.29 is 0 Å². The first-order chi connectivity index (χ1) is 17.6. The molecular formula is C27H29N9. The zero-order chi connectivity index (χ0) is 24.5. The lowest BCUT2D eigenvalue weighted by Gasteiger charge is -2.11. The number of hydrogen-bond acceptors (Lipinski definition) is 5. The number of H-pyrrole nitrogens is 2. The first kappa shape index (κ1) is 22.2. The van der Waals surface area contributed by atoms with Gasteiger partial charge in [-0.3, -0.25) is 0 Å². The van der Waals surface area contributed by atoms with Crippen LogP contribution < -0.4 is 0 Å². The van der Waals surface area contributed by atoms with Crippen LogP contribution in [0.1, 0.15) is 27.9 Å². The zero-order valence-corrected chi connectivity index (χ0v) is 20.5. The van der Waals surface area contributed by atoms with E-state index in [1.165, 1.54) is 44.2 Å². The Labute approximate surface area is 208 Å². The number of nitrogens with zero attached hydrogens (tertiary/aromatic N) is 7. The average Bonchev–Trinajstić information content (AvgIpc) is 3.67. The summed E-state index contributed by atoms with van der Waals surface area (Å²) in [6.45, 7) is 2.40. The fraction of sp³-hybridized carbons (Fsp3) is 0.259. The number of benzene rings is 2. The molecule has 2 N–H and O–H groups in total. The van der Waals surface area contributed by atoms with E-state index in [0.717, 1.165) is 24.9 Å². The summed E-state index contributed by atoms with van der Waals surface area (Å²) in [5.74, 6) is 0. The second-order valence-corrected chi connectivity index (χ2v) is 9.57. The maximum absolute atomic E-state index is 4.27. The van der Waals surface area contributed by atoms with E-state index >= 15 is 0 Å². The number of likely N-dealkylation sites (N-methyl/N-ethyl adjacent to an activating group) is 1. The number of fused-ring (bicyclic) bond motifs is 2. The molecule has 0 radical (unpaired) electrons. The number of hydrogen-bond donors (Lipinski definition) is 2. The van der Waals surface area contributed by atoms with Crippen LogP contribution in [0.5, 0.6) is 0 Å². The second kappa shape index (κ2) is 9.43. The molecule has 4 heterocycles. The number of nitrogens with one attached hydrogen (secondary N) is 2. The van der Waals surface area contributed by atoms with Crippen molar-refractivity contribution >= 4 is 21.8 Å². The molecule has 0 spiro atoms. The normalized spacial score (nSPS) is 11.9. The fourth-order valence-electron chi connectivity index (χ4n) is 4.88. The Morgan fingerprint density at radius 2 is 1.50 bits per heavy atom. The predicted octanol–water partition coefficient (Wildman–Crippen LogP) is 3.62. The largest absolute Gasteiger partial charge is 0.361 e. The van der Waals surface area contributed by atoms with Gasteiger partial charge in [-0.15, -0.1) is 0 Å². The van der Waals surface area contributed by atoms with E-state index in [0.29, 0.717) is 13.1 Å². The number of aromatic amines is 2. The minimum absolute atomic E-state index is 0.704. The molecule has 0 aliphatic heterocycles. The number of aromatic nitrogens is 8. The van der Waals surface area contributed by atoms with Crippen LogP contribution in [0, 0.1) is 0 Å². The lowest BCUT2D eigenvalue weighted by Crippen LogP contribution is -2.15. The van der Waals surface area contributed by atoms with Gasteiger partial charge in [-0.25, -0.2) is 19.3 Å². The molecule has 0 bridgehead atoms. The van der Waals surface area contributed by atoms with Crippen LogP contribution in [0.2, 0.25) is 0 Å². The lowest BCUT2D eigenvalue weighted by molar-refractivity contribution is 0.414. The Kier molecular flexibility index (Phi) is 5.82. The van der Waals surface area contributed by atoms with Crippen molar-refractivity contribution in [3.63, 3.8) is 0 Å². The highest BCUT2D eigenvalue weighted by Gasteiger charge is 2.15. The van der Waals surface area contributed by atoms with Crippen molar-refractivity contribution in [2.75, 3.05) is 20.6 Å². The van der Waals surface area contributed by atoms with Gasteiger partial charge in [-0.1, -0.05) is 12.1 Å².